The van der Waals surface area contributed by atoms with Crippen LogP contribution in [0.25, 0.3) is 0 Å². The quantitative estimate of drug-likeness (QED) is 0.788. The fraction of sp³-hybridized carbons (Fsp3) is 0.409. The van der Waals surface area contributed by atoms with Gasteiger partial charge in [0.15, 0.2) is 0 Å². The molecule has 1 fully saturated rings. The first-order valence-electron chi connectivity index (χ1n) is 9.98. The largest absolute Gasteiger partial charge is 0.345 e. The van der Waals surface area contributed by atoms with Crippen LogP contribution in [0.15, 0.2) is 53.4 Å². The first-order chi connectivity index (χ1) is 13.8. The molecule has 2 aromatic rings. The van der Waals surface area contributed by atoms with Gasteiger partial charge in [-0.2, -0.15) is 4.31 Å². The molecule has 0 spiro atoms. The maximum absolute atomic E-state index is 13.1. The van der Waals surface area contributed by atoms with Gasteiger partial charge in [-0.05, 0) is 43.7 Å². The van der Waals surface area contributed by atoms with Crippen molar-refractivity contribution in [3.05, 3.63) is 65.2 Å². The zero-order valence-electron chi connectivity index (χ0n) is 17.3. The van der Waals surface area contributed by atoms with E-state index in [4.69, 9.17) is 0 Å². The summed E-state index contributed by atoms with van der Waals surface area (Å²) in [6, 6.07) is 14.5. The van der Waals surface area contributed by atoms with Crippen LogP contribution in [0.2, 0.25) is 0 Å². The Morgan fingerprint density at radius 2 is 1.72 bits per heavy atom. The molecule has 0 saturated carbocycles. The zero-order valence-corrected chi connectivity index (χ0v) is 18.1. The lowest BCUT2D eigenvalue weighted by atomic mass is 10.0. The number of carbonyl (C=O) groups is 1. The lowest BCUT2D eigenvalue weighted by Crippen LogP contribution is -2.47. The molecule has 1 saturated heterocycles. The molecule has 6 nitrogen and oxygen atoms in total. The number of benzene rings is 2. The normalized spacial score (nSPS) is 17.1. The first kappa shape index (κ1) is 21.5. The number of likely N-dealkylation sites (N-methyl/N-ethyl adjacent to an activating group) is 1. The zero-order chi connectivity index (χ0) is 21.0. The lowest BCUT2D eigenvalue weighted by molar-refractivity contribution is 0.0934. The van der Waals surface area contributed by atoms with E-state index in [2.05, 4.69) is 10.2 Å². The molecule has 156 valence electrons. The van der Waals surface area contributed by atoms with E-state index in [1.165, 1.54) is 10.4 Å². The second kappa shape index (κ2) is 9.07. The minimum Gasteiger partial charge on any atom is -0.345 e. The van der Waals surface area contributed by atoms with E-state index in [1.54, 1.807) is 12.1 Å². The Bertz CT molecular complexity index is 953. The van der Waals surface area contributed by atoms with Crippen LogP contribution in [0.4, 0.5) is 0 Å². The Balaban J connectivity index is 1.84. The fourth-order valence-corrected chi connectivity index (χ4v) is 4.98. The average molecular weight is 416 g/mol. The van der Waals surface area contributed by atoms with Crippen LogP contribution < -0.4 is 5.32 Å². The van der Waals surface area contributed by atoms with Crippen molar-refractivity contribution >= 4 is 15.9 Å². The van der Waals surface area contributed by atoms with E-state index < -0.39 is 10.0 Å². The molecule has 1 heterocycles. The van der Waals surface area contributed by atoms with Crippen LogP contribution in [0, 0.1) is 6.92 Å². The van der Waals surface area contributed by atoms with Gasteiger partial charge in [0.25, 0.3) is 5.91 Å². The predicted octanol–water partition coefficient (Wildman–Crippen LogP) is 2.81. The summed E-state index contributed by atoms with van der Waals surface area (Å²) in [6.45, 7) is 6.16. The van der Waals surface area contributed by atoms with Gasteiger partial charge in [0.2, 0.25) is 10.0 Å². The number of sulfonamides is 1. The van der Waals surface area contributed by atoms with Gasteiger partial charge in [-0.25, -0.2) is 8.42 Å². The van der Waals surface area contributed by atoms with Crippen molar-refractivity contribution in [3.63, 3.8) is 0 Å². The number of rotatable bonds is 6. The third-order valence-corrected chi connectivity index (χ3v) is 7.36. The number of hydrogen-bond donors (Lipinski definition) is 1. The number of nitrogens with zero attached hydrogens (tertiary/aromatic N) is 2. The Labute approximate surface area is 173 Å². The van der Waals surface area contributed by atoms with E-state index in [9.17, 15) is 13.2 Å². The summed E-state index contributed by atoms with van der Waals surface area (Å²) in [5, 5.41) is 3.05. The SMILES string of the molecule is CC[C@H](NC(=O)c1cc(S(=O)(=O)N2CCN(C)CC2)ccc1C)c1ccccc1. The van der Waals surface area contributed by atoms with E-state index in [-0.39, 0.29) is 16.8 Å². The predicted molar refractivity (Wildman–Crippen MR) is 114 cm³/mol. The molecule has 1 atom stereocenters. The maximum atomic E-state index is 13.1. The minimum atomic E-state index is -3.62. The number of nitrogens with one attached hydrogen (secondary N) is 1. The van der Waals surface area contributed by atoms with Crippen molar-refractivity contribution in [1.29, 1.82) is 0 Å². The van der Waals surface area contributed by atoms with Gasteiger partial charge in [-0.1, -0.05) is 43.3 Å². The number of amides is 1. The number of hydrogen-bond acceptors (Lipinski definition) is 4. The fourth-order valence-electron chi connectivity index (χ4n) is 3.53. The van der Waals surface area contributed by atoms with Gasteiger partial charge in [-0.15, -0.1) is 0 Å². The standard InChI is InChI=1S/C22H29N3O3S/c1-4-21(18-8-6-5-7-9-18)23-22(26)20-16-19(11-10-17(20)2)29(27,28)25-14-12-24(3)13-15-25/h5-11,16,21H,4,12-15H2,1-3H3,(H,23,26)/t21-/m0/s1. The summed E-state index contributed by atoms with van der Waals surface area (Å²) in [7, 11) is -1.64. The maximum Gasteiger partial charge on any atom is 0.252 e. The second-order valence-electron chi connectivity index (χ2n) is 7.53. The molecular weight excluding hydrogens is 386 g/mol. The summed E-state index contributed by atoms with van der Waals surface area (Å²) in [5.74, 6) is -0.256. The van der Waals surface area contributed by atoms with E-state index in [0.29, 0.717) is 31.7 Å². The highest BCUT2D eigenvalue weighted by molar-refractivity contribution is 7.89. The van der Waals surface area contributed by atoms with Crippen molar-refractivity contribution in [2.75, 3.05) is 33.2 Å². The lowest BCUT2D eigenvalue weighted by Gasteiger charge is -2.31. The molecular formula is C22H29N3O3S. The molecule has 2 aromatic carbocycles. The summed E-state index contributed by atoms with van der Waals surface area (Å²) in [4.78, 5) is 15.3. The molecule has 0 bridgehead atoms. The molecule has 7 heteroatoms. The van der Waals surface area contributed by atoms with Crippen LogP contribution in [-0.4, -0.2) is 56.8 Å². The van der Waals surface area contributed by atoms with E-state index >= 15 is 0 Å². The molecule has 0 aromatic heterocycles. The smallest absolute Gasteiger partial charge is 0.252 e. The van der Waals surface area contributed by atoms with Gasteiger partial charge in [0.1, 0.15) is 0 Å². The number of piperazine rings is 1. The Morgan fingerprint density at radius 1 is 1.07 bits per heavy atom. The van der Waals surface area contributed by atoms with E-state index in [1.807, 2.05) is 51.2 Å². The third kappa shape index (κ3) is 4.86. The van der Waals surface area contributed by atoms with Crippen LogP contribution in [0.5, 0.6) is 0 Å². The third-order valence-electron chi connectivity index (χ3n) is 5.47. The van der Waals surface area contributed by atoms with Crippen LogP contribution in [-0.2, 0) is 10.0 Å². The summed E-state index contributed by atoms with van der Waals surface area (Å²) >= 11 is 0. The van der Waals surface area contributed by atoms with Crippen molar-refractivity contribution in [2.24, 2.45) is 0 Å². The molecule has 29 heavy (non-hydrogen) atoms. The van der Waals surface area contributed by atoms with Crippen molar-refractivity contribution in [2.45, 2.75) is 31.2 Å². The minimum absolute atomic E-state index is 0.124. The summed E-state index contributed by atoms with van der Waals surface area (Å²) in [5.41, 5.74) is 2.18. The Kier molecular flexibility index (Phi) is 6.72. The van der Waals surface area contributed by atoms with Crippen molar-refractivity contribution < 1.29 is 13.2 Å². The molecule has 0 radical (unpaired) electrons. The molecule has 1 amide bonds. The molecule has 1 aliphatic rings. The topological polar surface area (TPSA) is 69.7 Å². The Hall–Kier alpha value is -2.22. The molecule has 0 unspecified atom stereocenters. The van der Waals surface area contributed by atoms with Crippen molar-refractivity contribution in [3.8, 4) is 0 Å². The average Bonchev–Trinajstić information content (AvgIpc) is 2.73. The molecule has 3 rings (SSSR count). The highest BCUT2D eigenvalue weighted by Crippen LogP contribution is 2.22. The second-order valence-corrected chi connectivity index (χ2v) is 9.47. The van der Waals surface area contributed by atoms with E-state index in [0.717, 1.165) is 17.5 Å². The van der Waals surface area contributed by atoms with Gasteiger partial charge in [0, 0.05) is 31.7 Å². The van der Waals surface area contributed by atoms with Gasteiger partial charge in [0.05, 0.1) is 10.9 Å². The molecule has 0 aliphatic carbocycles. The van der Waals surface area contributed by atoms with Crippen LogP contribution in [0.1, 0.15) is 40.9 Å². The number of carbonyl (C=O) groups excluding carboxylic acids is 1. The molecule has 1 N–H and O–H groups in total. The monoisotopic (exact) mass is 415 g/mol. The highest BCUT2D eigenvalue weighted by Gasteiger charge is 2.28. The highest BCUT2D eigenvalue weighted by atomic mass is 32.2. The number of aryl methyl sites for hydroxylation is 1. The van der Waals surface area contributed by atoms with Crippen LogP contribution >= 0.6 is 0 Å². The first-order valence-corrected chi connectivity index (χ1v) is 11.4. The van der Waals surface area contributed by atoms with Gasteiger partial charge >= 0.3 is 0 Å². The van der Waals surface area contributed by atoms with Crippen molar-refractivity contribution in [1.82, 2.24) is 14.5 Å². The Morgan fingerprint density at radius 3 is 2.34 bits per heavy atom. The summed E-state index contributed by atoms with van der Waals surface area (Å²) < 4.78 is 27.6. The summed E-state index contributed by atoms with van der Waals surface area (Å²) in [6.07, 6.45) is 0.744. The molecule has 1 aliphatic heterocycles. The van der Waals surface area contributed by atoms with Gasteiger partial charge < -0.3 is 10.2 Å². The van der Waals surface area contributed by atoms with Crippen LogP contribution in [0.3, 0.4) is 0 Å². The van der Waals surface area contributed by atoms with Gasteiger partial charge in [-0.3, -0.25) is 4.79 Å².